The van der Waals surface area contributed by atoms with Crippen molar-refractivity contribution in [2.24, 2.45) is 0 Å². The second kappa shape index (κ2) is 7.84. The molecule has 1 saturated heterocycles. The second-order valence-electron chi connectivity index (χ2n) is 7.62. The lowest BCUT2D eigenvalue weighted by molar-refractivity contribution is 0.0240. The maximum Gasteiger partial charge on any atom is 0.410 e. The fraction of sp³-hybridized carbons (Fsp3) is 0.611. The number of sulfonamides is 1. The molecule has 0 aliphatic carbocycles. The van der Waals surface area contributed by atoms with Crippen molar-refractivity contribution in [2.75, 3.05) is 37.3 Å². The van der Waals surface area contributed by atoms with Gasteiger partial charge in [0.05, 0.1) is 6.26 Å². The Labute approximate surface area is 156 Å². The van der Waals surface area contributed by atoms with Gasteiger partial charge in [0, 0.05) is 37.9 Å². The summed E-state index contributed by atoms with van der Waals surface area (Å²) in [5.41, 5.74) is 1.40. The zero-order valence-electron chi connectivity index (χ0n) is 16.2. The van der Waals surface area contributed by atoms with Crippen molar-refractivity contribution in [3.05, 3.63) is 29.8 Å². The summed E-state index contributed by atoms with van der Waals surface area (Å²) in [6, 6.07) is 7.42. The zero-order chi connectivity index (χ0) is 19.5. The SMILES string of the molecule is CC(NS(C)(=O)=O)c1ccccc1N1CCN(C(=O)OC(C)(C)C)CC1. The van der Waals surface area contributed by atoms with Crippen molar-refractivity contribution in [2.45, 2.75) is 39.3 Å². The van der Waals surface area contributed by atoms with E-state index in [9.17, 15) is 13.2 Å². The Morgan fingerprint density at radius 2 is 1.73 bits per heavy atom. The highest BCUT2D eigenvalue weighted by atomic mass is 32.2. The van der Waals surface area contributed by atoms with Gasteiger partial charge in [-0.05, 0) is 39.3 Å². The van der Waals surface area contributed by atoms with Gasteiger partial charge in [0.2, 0.25) is 10.0 Å². The van der Waals surface area contributed by atoms with Crippen molar-refractivity contribution < 1.29 is 17.9 Å². The molecule has 7 nitrogen and oxygen atoms in total. The van der Waals surface area contributed by atoms with Gasteiger partial charge in [-0.3, -0.25) is 0 Å². The van der Waals surface area contributed by atoms with E-state index in [1.165, 1.54) is 0 Å². The predicted molar refractivity (Wildman–Crippen MR) is 103 cm³/mol. The van der Waals surface area contributed by atoms with E-state index in [1.54, 1.807) is 4.90 Å². The summed E-state index contributed by atoms with van der Waals surface area (Å²) in [5, 5.41) is 0. The quantitative estimate of drug-likeness (QED) is 0.863. The average Bonchev–Trinajstić information content (AvgIpc) is 2.52. The maximum absolute atomic E-state index is 12.2. The molecular weight excluding hydrogens is 354 g/mol. The van der Waals surface area contributed by atoms with Crippen LogP contribution in [0.4, 0.5) is 10.5 Å². The van der Waals surface area contributed by atoms with Crippen molar-refractivity contribution in [3.63, 3.8) is 0 Å². The van der Waals surface area contributed by atoms with Crippen LogP contribution < -0.4 is 9.62 Å². The highest BCUT2D eigenvalue weighted by Gasteiger charge is 2.27. The number of piperazine rings is 1. The third-order valence-corrected chi connectivity index (χ3v) is 4.85. The molecule has 1 aliphatic rings. The van der Waals surface area contributed by atoms with Crippen LogP contribution in [-0.4, -0.2) is 57.4 Å². The topological polar surface area (TPSA) is 79.0 Å². The van der Waals surface area contributed by atoms with Gasteiger partial charge in [-0.1, -0.05) is 18.2 Å². The normalized spacial score (nSPS) is 17.1. The molecule has 1 fully saturated rings. The molecule has 8 heteroatoms. The maximum atomic E-state index is 12.2. The van der Waals surface area contributed by atoms with Gasteiger partial charge in [-0.15, -0.1) is 0 Å². The molecule has 0 radical (unpaired) electrons. The third kappa shape index (κ3) is 5.88. The third-order valence-electron chi connectivity index (χ3n) is 4.07. The molecule has 1 aromatic rings. The number of rotatable bonds is 4. The summed E-state index contributed by atoms with van der Waals surface area (Å²) >= 11 is 0. The Balaban J connectivity index is 2.07. The summed E-state index contributed by atoms with van der Waals surface area (Å²) in [6.45, 7) is 9.86. The number of carbonyl (C=O) groups excluding carboxylic acids is 1. The van der Waals surface area contributed by atoms with Gasteiger partial charge >= 0.3 is 6.09 Å². The average molecular weight is 384 g/mol. The minimum Gasteiger partial charge on any atom is -0.444 e. The van der Waals surface area contributed by atoms with Gasteiger partial charge in [0.1, 0.15) is 5.60 Å². The molecule has 1 unspecified atom stereocenters. The first-order valence-corrected chi connectivity index (χ1v) is 10.6. The predicted octanol–water partition coefficient (Wildman–Crippen LogP) is 2.35. The number of hydrogen-bond donors (Lipinski definition) is 1. The minimum absolute atomic E-state index is 0.294. The highest BCUT2D eigenvalue weighted by Crippen LogP contribution is 2.27. The standard InChI is InChI=1S/C18H29N3O4S/c1-14(19-26(5,23)24)15-8-6-7-9-16(15)20-10-12-21(13-11-20)17(22)25-18(2,3)4/h6-9,14,19H,10-13H2,1-5H3. The van der Waals surface area contributed by atoms with E-state index in [2.05, 4.69) is 9.62 Å². The molecule has 146 valence electrons. The molecule has 0 bridgehead atoms. The van der Waals surface area contributed by atoms with Gasteiger partial charge in [-0.25, -0.2) is 17.9 Å². The summed E-state index contributed by atoms with van der Waals surface area (Å²) < 4.78 is 31.2. The number of anilines is 1. The van der Waals surface area contributed by atoms with Crippen LogP contribution in [-0.2, 0) is 14.8 Å². The molecule has 1 N–H and O–H groups in total. The van der Waals surface area contributed by atoms with Crippen LogP contribution in [0.2, 0.25) is 0 Å². The van der Waals surface area contributed by atoms with Crippen LogP contribution in [0.3, 0.4) is 0 Å². The van der Waals surface area contributed by atoms with E-state index < -0.39 is 15.6 Å². The number of nitrogens with one attached hydrogen (secondary N) is 1. The first-order chi connectivity index (χ1) is 12.0. The Morgan fingerprint density at radius 1 is 1.15 bits per heavy atom. The van der Waals surface area contributed by atoms with Crippen LogP contribution >= 0.6 is 0 Å². The summed E-state index contributed by atoms with van der Waals surface area (Å²) in [7, 11) is -3.29. The fourth-order valence-electron chi connectivity index (χ4n) is 2.98. The first-order valence-electron chi connectivity index (χ1n) is 8.75. The van der Waals surface area contributed by atoms with Crippen LogP contribution in [0.25, 0.3) is 0 Å². The molecule has 1 aromatic carbocycles. The lowest BCUT2D eigenvalue weighted by Crippen LogP contribution is -2.50. The summed E-state index contributed by atoms with van der Waals surface area (Å²) in [4.78, 5) is 16.1. The van der Waals surface area contributed by atoms with Gasteiger partial charge in [0.15, 0.2) is 0 Å². The van der Waals surface area contributed by atoms with Crippen LogP contribution in [0.5, 0.6) is 0 Å². The monoisotopic (exact) mass is 383 g/mol. The first kappa shape index (κ1) is 20.5. The van der Waals surface area contributed by atoms with Gasteiger partial charge < -0.3 is 14.5 Å². The number of hydrogen-bond acceptors (Lipinski definition) is 5. The van der Waals surface area contributed by atoms with Gasteiger partial charge in [0.25, 0.3) is 0 Å². The molecule has 0 spiro atoms. The zero-order valence-corrected chi connectivity index (χ0v) is 17.0. The molecule has 0 saturated carbocycles. The van der Waals surface area contributed by atoms with Crippen molar-refractivity contribution in [3.8, 4) is 0 Å². The number of benzene rings is 1. The molecule has 1 heterocycles. The number of carbonyl (C=O) groups is 1. The van der Waals surface area contributed by atoms with Crippen molar-refractivity contribution >= 4 is 21.8 Å². The molecule has 1 amide bonds. The number of para-hydroxylation sites is 1. The molecule has 1 atom stereocenters. The largest absolute Gasteiger partial charge is 0.444 e. The minimum atomic E-state index is -3.29. The lowest BCUT2D eigenvalue weighted by Gasteiger charge is -2.38. The van der Waals surface area contributed by atoms with E-state index in [4.69, 9.17) is 4.74 Å². The van der Waals surface area contributed by atoms with E-state index >= 15 is 0 Å². The Bertz CT molecular complexity index is 735. The highest BCUT2D eigenvalue weighted by molar-refractivity contribution is 7.88. The molecule has 26 heavy (non-hydrogen) atoms. The Kier molecular flexibility index (Phi) is 6.18. The fourth-order valence-corrected chi connectivity index (χ4v) is 3.75. The van der Waals surface area contributed by atoms with Crippen LogP contribution in [0, 0.1) is 0 Å². The van der Waals surface area contributed by atoms with Gasteiger partial charge in [-0.2, -0.15) is 0 Å². The smallest absolute Gasteiger partial charge is 0.410 e. The van der Waals surface area contributed by atoms with Crippen LogP contribution in [0.15, 0.2) is 24.3 Å². The molecular formula is C18H29N3O4S. The summed E-state index contributed by atoms with van der Waals surface area (Å²) in [6.07, 6.45) is 0.865. The van der Waals surface area contributed by atoms with E-state index in [0.29, 0.717) is 26.2 Å². The number of nitrogens with zero attached hydrogens (tertiary/aromatic N) is 2. The van der Waals surface area contributed by atoms with Crippen molar-refractivity contribution in [1.29, 1.82) is 0 Å². The van der Waals surface area contributed by atoms with Crippen LogP contribution in [0.1, 0.15) is 39.3 Å². The van der Waals surface area contributed by atoms with E-state index in [-0.39, 0.29) is 12.1 Å². The molecule has 2 rings (SSSR count). The van der Waals surface area contributed by atoms with E-state index in [0.717, 1.165) is 17.5 Å². The number of amides is 1. The Hall–Kier alpha value is -1.80. The van der Waals surface area contributed by atoms with Crippen molar-refractivity contribution in [1.82, 2.24) is 9.62 Å². The number of ether oxygens (including phenoxy) is 1. The Morgan fingerprint density at radius 3 is 2.27 bits per heavy atom. The summed E-state index contributed by atoms with van der Waals surface area (Å²) in [5.74, 6) is 0. The molecule has 1 aliphatic heterocycles. The second-order valence-corrected chi connectivity index (χ2v) is 9.40. The molecule has 0 aromatic heterocycles. The lowest BCUT2D eigenvalue weighted by atomic mass is 10.1. The van der Waals surface area contributed by atoms with E-state index in [1.807, 2.05) is 52.0 Å².